The molecule has 0 fully saturated rings. The largest absolute Gasteiger partial charge is 0.326 e. The number of halogens is 1. The van der Waals surface area contributed by atoms with Crippen LogP contribution in [0.25, 0.3) is 0 Å². The number of amides is 1. The summed E-state index contributed by atoms with van der Waals surface area (Å²) >= 11 is 7.45. The molecule has 23 heavy (non-hydrogen) atoms. The smallest absolute Gasteiger partial charge is 0.225 e. The van der Waals surface area contributed by atoms with Crippen LogP contribution in [0.1, 0.15) is 23.2 Å². The zero-order valence-electron chi connectivity index (χ0n) is 12.9. The Morgan fingerprint density at radius 2 is 2.13 bits per heavy atom. The Kier molecular flexibility index (Phi) is 6.03. The fourth-order valence-electron chi connectivity index (χ4n) is 1.86. The van der Waals surface area contributed by atoms with Crippen LogP contribution in [0.2, 0.25) is 5.02 Å². The number of nitriles is 1. The van der Waals surface area contributed by atoms with Gasteiger partial charge >= 0.3 is 0 Å². The first-order valence-corrected chi connectivity index (χ1v) is 8.42. The fraction of sp³-hybridized carbons (Fsp3) is 0.235. The molecule has 4 nitrogen and oxygen atoms in total. The number of benzene rings is 1. The number of nitrogens with zero attached hydrogens (tertiary/aromatic N) is 2. The molecule has 0 saturated heterocycles. The third-order valence-corrected chi connectivity index (χ3v) is 4.54. The van der Waals surface area contributed by atoms with E-state index in [1.807, 2.05) is 26.0 Å². The van der Waals surface area contributed by atoms with E-state index in [9.17, 15) is 4.79 Å². The summed E-state index contributed by atoms with van der Waals surface area (Å²) in [7, 11) is 0. The molecule has 0 bridgehead atoms. The van der Waals surface area contributed by atoms with Crippen LogP contribution in [0.15, 0.2) is 35.4 Å². The molecule has 2 rings (SSSR count). The highest BCUT2D eigenvalue weighted by molar-refractivity contribution is 7.99. The van der Waals surface area contributed by atoms with Crippen molar-refractivity contribution < 1.29 is 4.79 Å². The zero-order chi connectivity index (χ0) is 16.8. The van der Waals surface area contributed by atoms with Crippen LogP contribution in [0.3, 0.4) is 0 Å². The molecule has 0 aliphatic heterocycles. The minimum absolute atomic E-state index is 0.0939. The number of rotatable bonds is 5. The maximum atomic E-state index is 12.0. The Bertz CT molecular complexity index is 771. The second-order valence-electron chi connectivity index (χ2n) is 5.03. The highest BCUT2D eigenvalue weighted by atomic mass is 35.5. The summed E-state index contributed by atoms with van der Waals surface area (Å²) in [4.78, 5) is 16.3. The number of nitrogens with one attached hydrogen (secondary N) is 1. The lowest BCUT2D eigenvalue weighted by Crippen LogP contribution is -2.12. The van der Waals surface area contributed by atoms with Crippen LogP contribution < -0.4 is 5.32 Å². The number of aryl methyl sites for hydroxylation is 2. The molecule has 1 amide bonds. The van der Waals surface area contributed by atoms with Crippen LogP contribution >= 0.6 is 23.4 Å². The quantitative estimate of drug-likeness (QED) is 0.818. The average Bonchev–Trinajstić information content (AvgIpc) is 2.51. The van der Waals surface area contributed by atoms with Gasteiger partial charge in [-0.25, -0.2) is 4.98 Å². The Hall–Kier alpha value is -2.03. The van der Waals surface area contributed by atoms with Crippen LogP contribution in [0.4, 0.5) is 5.69 Å². The maximum absolute atomic E-state index is 12.0. The van der Waals surface area contributed by atoms with Gasteiger partial charge in [0.1, 0.15) is 11.1 Å². The van der Waals surface area contributed by atoms with Gasteiger partial charge in [-0.1, -0.05) is 17.7 Å². The van der Waals surface area contributed by atoms with Crippen molar-refractivity contribution in [2.45, 2.75) is 25.3 Å². The lowest BCUT2D eigenvalue weighted by atomic mass is 10.2. The van der Waals surface area contributed by atoms with Gasteiger partial charge in [0.15, 0.2) is 0 Å². The summed E-state index contributed by atoms with van der Waals surface area (Å²) in [5.41, 5.74) is 3.04. The number of hydrogen-bond acceptors (Lipinski definition) is 4. The van der Waals surface area contributed by atoms with Crippen LogP contribution in [0.5, 0.6) is 0 Å². The van der Waals surface area contributed by atoms with Crippen molar-refractivity contribution in [1.29, 1.82) is 5.26 Å². The summed E-state index contributed by atoms with van der Waals surface area (Å²) in [6.45, 7) is 3.78. The molecule has 2 aromatic rings. The van der Waals surface area contributed by atoms with Gasteiger partial charge in [-0.05, 0) is 43.7 Å². The standard InChI is InChI=1S/C17H16ClN3OS/c1-11-3-6-14(9-15(11)18)21-16(22)7-8-23-17-13(10-19)5-4-12(2)20-17/h3-6,9H,7-8H2,1-2H3,(H,21,22). The maximum Gasteiger partial charge on any atom is 0.225 e. The lowest BCUT2D eigenvalue weighted by Gasteiger charge is -2.07. The van der Waals surface area contributed by atoms with Crippen molar-refractivity contribution in [1.82, 2.24) is 4.98 Å². The SMILES string of the molecule is Cc1ccc(C#N)c(SCCC(=O)Nc2ccc(C)c(Cl)c2)n1. The molecule has 0 unspecified atom stereocenters. The van der Waals surface area contributed by atoms with Crippen molar-refractivity contribution in [2.75, 3.05) is 11.1 Å². The van der Waals surface area contributed by atoms with Crippen LogP contribution in [0, 0.1) is 25.2 Å². The van der Waals surface area contributed by atoms with Gasteiger partial charge in [-0.15, -0.1) is 11.8 Å². The van der Waals surface area contributed by atoms with Gasteiger partial charge in [0, 0.05) is 28.6 Å². The normalized spacial score (nSPS) is 10.2. The number of carbonyl (C=O) groups is 1. The van der Waals surface area contributed by atoms with E-state index < -0.39 is 0 Å². The first-order chi connectivity index (χ1) is 11.0. The van der Waals surface area contributed by atoms with Gasteiger partial charge < -0.3 is 5.32 Å². The van der Waals surface area contributed by atoms with Crippen LogP contribution in [-0.2, 0) is 4.79 Å². The molecule has 0 saturated carbocycles. The first kappa shape index (κ1) is 17.3. The first-order valence-electron chi connectivity index (χ1n) is 7.06. The van der Waals surface area contributed by atoms with Gasteiger partial charge in [0.2, 0.25) is 5.91 Å². The van der Waals surface area contributed by atoms with Gasteiger partial charge in [0.05, 0.1) is 5.56 Å². The Morgan fingerprint density at radius 3 is 2.83 bits per heavy atom. The summed E-state index contributed by atoms with van der Waals surface area (Å²) in [5, 5.41) is 13.2. The predicted molar refractivity (Wildman–Crippen MR) is 93.8 cm³/mol. The third kappa shape index (κ3) is 4.98. The van der Waals surface area contributed by atoms with Gasteiger partial charge in [-0.3, -0.25) is 4.79 Å². The Labute approximate surface area is 144 Å². The highest BCUT2D eigenvalue weighted by Gasteiger charge is 2.08. The minimum Gasteiger partial charge on any atom is -0.326 e. The van der Waals surface area contributed by atoms with E-state index in [-0.39, 0.29) is 5.91 Å². The molecule has 1 aromatic carbocycles. The minimum atomic E-state index is -0.0939. The van der Waals surface area contributed by atoms with Crippen molar-refractivity contribution in [3.63, 3.8) is 0 Å². The van der Waals surface area contributed by atoms with E-state index >= 15 is 0 Å². The second kappa shape index (κ2) is 8.00. The van der Waals surface area contributed by atoms with Crippen molar-refractivity contribution in [3.8, 4) is 6.07 Å². The molecule has 0 aliphatic carbocycles. The van der Waals surface area contributed by atoms with Gasteiger partial charge in [-0.2, -0.15) is 5.26 Å². The number of thioether (sulfide) groups is 1. The lowest BCUT2D eigenvalue weighted by molar-refractivity contribution is -0.115. The number of carbonyl (C=O) groups excluding carboxylic acids is 1. The predicted octanol–water partition coefficient (Wildman–Crippen LogP) is 4.34. The monoisotopic (exact) mass is 345 g/mol. The number of hydrogen-bond donors (Lipinski definition) is 1. The number of pyridine rings is 1. The number of aromatic nitrogens is 1. The van der Waals surface area contributed by atoms with Crippen LogP contribution in [-0.4, -0.2) is 16.6 Å². The summed E-state index contributed by atoms with van der Waals surface area (Å²) in [5.74, 6) is 0.458. The average molecular weight is 346 g/mol. The molecule has 1 N–H and O–H groups in total. The molecule has 1 heterocycles. The van der Waals surface area contributed by atoms with Gasteiger partial charge in [0.25, 0.3) is 0 Å². The molecular formula is C17H16ClN3OS. The molecule has 118 valence electrons. The van der Waals surface area contributed by atoms with E-state index in [0.29, 0.717) is 33.5 Å². The van der Waals surface area contributed by atoms with Crippen molar-refractivity contribution in [3.05, 3.63) is 52.2 Å². The van der Waals surface area contributed by atoms with E-state index in [0.717, 1.165) is 11.3 Å². The molecule has 0 aliphatic rings. The van der Waals surface area contributed by atoms with E-state index in [1.165, 1.54) is 11.8 Å². The highest BCUT2D eigenvalue weighted by Crippen LogP contribution is 2.22. The summed E-state index contributed by atoms with van der Waals surface area (Å²) < 4.78 is 0. The van der Waals surface area contributed by atoms with E-state index in [2.05, 4.69) is 16.4 Å². The topological polar surface area (TPSA) is 65.8 Å². The number of anilines is 1. The molecule has 6 heteroatoms. The fourth-order valence-corrected chi connectivity index (χ4v) is 3.00. The summed E-state index contributed by atoms with van der Waals surface area (Å²) in [6, 6.07) is 11.1. The summed E-state index contributed by atoms with van der Waals surface area (Å²) in [6.07, 6.45) is 0.330. The Balaban J connectivity index is 1.89. The molecule has 0 radical (unpaired) electrons. The zero-order valence-corrected chi connectivity index (χ0v) is 14.5. The molecule has 0 spiro atoms. The molecule has 0 atom stereocenters. The van der Waals surface area contributed by atoms with Crippen molar-refractivity contribution >= 4 is 35.0 Å². The van der Waals surface area contributed by atoms with E-state index in [4.69, 9.17) is 16.9 Å². The molecule has 1 aromatic heterocycles. The molecular weight excluding hydrogens is 330 g/mol. The van der Waals surface area contributed by atoms with Crippen molar-refractivity contribution in [2.24, 2.45) is 0 Å². The van der Waals surface area contributed by atoms with E-state index in [1.54, 1.807) is 18.2 Å². The second-order valence-corrected chi connectivity index (χ2v) is 6.52. The Morgan fingerprint density at radius 1 is 1.35 bits per heavy atom. The third-order valence-electron chi connectivity index (χ3n) is 3.14.